The maximum atomic E-state index is 11.8. The molecule has 8 nitrogen and oxygen atoms in total. The normalized spacial score (nSPS) is 11.0. The summed E-state index contributed by atoms with van der Waals surface area (Å²) in [6.45, 7) is 4.18. The summed E-state index contributed by atoms with van der Waals surface area (Å²) in [4.78, 5) is 24.1. The first-order chi connectivity index (χ1) is 10.5. The van der Waals surface area contributed by atoms with Gasteiger partial charge in [0.05, 0.1) is 30.3 Å². The maximum Gasteiger partial charge on any atom is 0.356 e. The van der Waals surface area contributed by atoms with Crippen LogP contribution >= 0.6 is 0 Å². The van der Waals surface area contributed by atoms with Crippen LogP contribution in [-0.2, 0) is 4.74 Å². The largest absolute Gasteiger partial charge is 0.461 e. The van der Waals surface area contributed by atoms with Crippen LogP contribution in [0.5, 0.6) is 0 Å². The van der Waals surface area contributed by atoms with E-state index in [1.165, 1.54) is 6.20 Å². The second kappa shape index (κ2) is 8.40. The third kappa shape index (κ3) is 4.89. The van der Waals surface area contributed by atoms with Gasteiger partial charge in [-0.1, -0.05) is 30.3 Å². The van der Waals surface area contributed by atoms with E-state index in [1.807, 2.05) is 41.8 Å². The summed E-state index contributed by atoms with van der Waals surface area (Å²) in [5, 5.41) is 14.8. The van der Waals surface area contributed by atoms with Crippen molar-refractivity contribution in [3.63, 3.8) is 0 Å². The maximum absolute atomic E-state index is 11.8. The summed E-state index contributed by atoms with van der Waals surface area (Å²) >= 11 is 0. The molecule has 0 amide bonds. The molecule has 0 N–H and O–H groups in total. The van der Waals surface area contributed by atoms with E-state index in [4.69, 9.17) is 20.1 Å². The van der Waals surface area contributed by atoms with Gasteiger partial charge in [-0.2, -0.15) is 0 Å². The zero-order valence-electron chi connectivity index (χ0n) is 12.2. The Labute approximate surface area is 127 Å². The molecule has 1 unspecified atom stereocenters. The highest BCUT2D eigenvalue weighted by molar-refractivity contribution is 5.87. The Hall–Kier alpha value is -2.90. The Morgan fingerprint density at radius 3 is 2.50 bits per heavy atom. The van der Waals surface area contributed by atoms with Gasteiger partial charge in [0.25, 0.3) is 0 Å². The third-order valence-electron chi connectivity index (χ3n) is 2.85. The summed E-state index contributed by atoms with van der Waals surface area (Å²) in [7, 11) is 0. The molecule has 1 aromatic heterocycles. The van der Waals surface area contributed by atoms with Crippen molar-refractivity contribution in [3.8, 4) is 0 Å². The van der Waals surface area contributed by atoms with Crippen molar-refractivity contribution in [2.45, 2.75) is 19.9 Å². The van der Waals surface area contributed by atoms with Gasteiger partial charge in [-0.3, -0.25) is 0 Å². The van der Waals surface area contributed by atoms with Gasteiger partial charge in [0, 0.05) is 0 Å². The number of esters is 1. The van der Waals surface area contributed by atoms with Gasteiger partial charge in [-0.15, -0.1) is 0 Å². The SMILES string of the molecule is CCOC(=O)c1cncn1C(C)c1ccccc1.O=[N+]([O-])[O-]. The fourth-order valence-corrected chi connectivity index (χ4v) is 1.87. The lowest BCUT2D eigenvalue weighted by Crippen LogP contribution is -2.15. The predicted octanol–water partition coefficient (Wildman–Crippen LogP) is 2.43. The fraction of sp³-hybridized carbons (Fsp3) is 0.286. The molecule has 1 atom stereocenters. The topological polar surface area (TPSA) is 110 Å². The number of imidazole rings is 1. The molecule has 118 valence electrons. The van der Waals surface area contributed by atoms with E-state index < -0.39 is 5.09 Å². The number of hydrogen-bond donors (Lipinski definition) is 0. The number of aromatic nitrogens is 2. The molecule has 8 heteroatoms. The minimum absolute atomic E-state index is 0.0492. The molecular weight excluding hydrogens is 290 g/mol. The number of benzene rings is 1. The van der Waals surface area contributed by atoms with Crippen LogP contribution in [0.15, 0.2) is 42.9 Å². The van der Waals surface area contributed by atoms with E-state index in [0.717, 1.165) is 5.56 Å². The van der Waals surface area contributed by atoms with Crippen LogP contribution in [0.4, 0.5) is 0 Å². The molecule has 2 aromatic rings. The van der Waals surface area contributed by atoms with Crippen LogP contribution < -0.4 is 0 Å². The molecule has 0 fully saturated rings. The van der Waals surface area contributed by atoms with Crippen LogP contribution in [0.3, 0.4) is 0 Å². The molecule has 0 spiro atoms. The lowest BCUT2D eigenvalue weighted by atomic mass is 10.1. The van der Waals surface area contributed by atoms with E-state index in [9.17, 15) is 4.79 Å². The molecule has 1 aromatic carbocycles. The van der Waals surface area contributed by atoms with E-state index in [-0.39, 0.29) is 12.0 Å². The van der Waals surface area contributed by atoms with Crippen molar-refractivity contribution in [2.75, 3.05) is 6.61 Å². The third-order valence-corrected chi connectivity index (χ3v) is 2.85. The summed E-state index contributed by atoms with van der Waals surface area (Å²) < 4.78 is 6.84. The summed E-state index contributed by atoms with van der Waals surface area (Å²) in [6.07, 6.45) is 3.20. The highest BCUT2D eigenvalue weighted by atomic mass is 16.9. The number of rotatable bonds is 4. The number of carbonyl (C=O) groups is 1. The molecule has 2 rings (SSSR count). The first-order valence-corrected chi connectivity index (χ1v) is 6.52. The molecule has 1 heterocycles. The Bertz CT molecular complexity index is 608. The second-order valence-corrected chi connectivity index (χ2v) is 4.22. The van der Waals surface area contributed by atoms with Crippen molar-refractivity contribution >= 4 is 5.97 Å². The Morgan fingerprint density at radius 2 is 1.95 bits per heavy atom. The van der Waals surface area contributed by atoms with E-state index in [1.54, 1.807) is 13.3 Å². The van der Waals surface area contributed by atoms with Crippen LogP contribution in [0.1, 0.15) is 35.9 Å². The lowest BCUT2D eigenvalue weighted by Gasteiger charge is -2.16. The highest BCUT2D eigenvalue weighted by Gasteiger charge is 2.17. The average molecular weight is 306 g/mol. The average Bonchev–Trinajstić information content (AvgIpc) is 2.96. The molecule has 0 bridgehead atoms. The zero-order valence-corrected chi connectivity index (χ0v) is 12.2. The van der Waals surface area contributed by atoms with Gasteiger partial charge in [0.2, 0.25) is 0 Å². The minimum Gasteiger partial charge on any atom is -0.461 e. The monoisotopic (exact) mass is 306 g/mol. The van der Waals surface area contributed by atoms with Gasteiger partial charge in [-0.05, 0) is 19.4 Å². The smallest absolute Gasteiger partial charge is 0.356 e. The van der Waals surface area contributed by atoms with Gasteiger partial charge < -0.3 is 24.6 Å². The first-order valence-electron chi connectivity index (χ1n) is 6.52. The molecule has 0 saturated carbocycles. The number of carbonyl (C=O) groups excluding carboxylic acids is 1. The van der Waals surface area contributed by atoms with Gasteiger partial charge in [0.15, 0.2) is 0 Å². The molecule has 22 heavy (non-hydrogen) atoms. The van der Waals surface area contributed by atoms with E-state index in [2.05, 4.69) is 4.98 Å². The van der Waals surface area contributed by atoms with Crippen molar-refractivity contribution in [3.05, 3.63) is 69.4 Å². The summed E-state index contributed by atoms with van der Waals surface area (Å²) in [5.41, 5.74) is 1.61. The molecule has 0 aliphatic heterocycles. The number of hydrogen-bond acceptors (Lipinski definition) is 6. The van der Waals surface area contributed by atoms with Gasteiger partial charge in [-0.25, -0.2) is 9.78 Å². The van der Waals surface area contributed by atoms with Crippen LogP contribution in [0.2, 0.25) is 0 Å². The van der Waals surface area contributed by atoms with Crippen LogP contribution in [0, 0.1) is 15.3 Å². The highest BCUT2D eigenvalue weighted by Crippen LogP contribution is 2.19. The van der Waals surface area contributed by atoms with Crippen LogP contribution in [-0.4, -0.2) is 27.2 Å². The summed E-state index contributed by atoms with van der Waals surface area (Å²) in [5.74, 6) is -0.335. The van der Waals surface area contributed by atoms with E-state index in [0.29, 0.717) is 12.3 Å². The van der Waals surface area contributed by atoms with Crippen LogP contribution in [0.25, 0.3) is 0 Å². The minimum atomic E-state index is -1.75. The standard InChI is InChI=1S/C14H16N2O2.NO3/c1-3-18-14(17)13-9-15-10-16(13)11(2)12-7-5-4-6-8-12;2-1(3)4/h4-11H,3H2,1-2H3;/q;-1. The fourth-order valence-electron chi connectivity index (χ4n) is 1.87. The van der Waals surface area contributed by atoms with E-state index >= 15 is 0 Å². The zero-order chi connectivity index (χ0) is 16.5. The van der Waals surface area contributed by atoms with Crippen molar-refractivity contribution < 1.29 is 14.6 Å². The molecule has 0 radical (unpaired) electrons. The van der Waals surface area contributed by atoms with Gasteiger partial charge >= 0.3 is 5.97 Å². The number of nitrogens with zero attached hydrogens (tertiary/aromatic N) is 3. The molecular formula is C14H16N3O5-. The van der Waals surface area contributed by atoms with Gasteiger partial charge in [0.1, 0.15) is 5.69 Å². The predicted molar refractivity (Wildman–Crippen MR) is 78.8 cm³/mol. The summed E-state index contributed by atoms with van der Waals surface area (Å²) in [6, 6.07) is 10.0. The van der Waals surface area contributed by atoms with Crippen molar-refractivity contribution in [2.24, 2.45) is 0 Å². The molecule has 0 aliphatic rings. The Balaban J connectivity index is 0.000000541. The lowest BCUT2D eigenvalue weighted by molar-refractivity contribution is -0.402. The number of ether oxygens (including phenoxy) is 1. The van der Waals surface area contributed by atoms with Crippen molar-refractivity contribution in [1.82, 2.24) is 9.55 Å². The Kier molecular flexibility index (Phi) is 6.55. The Morgan fingerprint density at radius 1 is 1.36 bits per heavy atom. The molecule has 0 aliphatic carbocycles. The molecule has 0 saturated heterocycles. The second-order valence-electron chi connectivity index (χ2n) is 4.22. The van der Waals surface area contributed by atoms with Crippen molar-refractivity contribution in [1.29, 1.82) is 0 Å². The first kappa shape index (κ1) is 17.2. The quantitative estimate of drug-likeness (QED) is 0.487.